The van der Waals surface area contributed by atoms with Crippen LogP contribution in [0.4, 0.5) is 5.69 Å². The molecule has 1 aromatic carbocycles. The third-order valence-corrected chi connectivity index (χ3v) is 5.82. The van der Waals surface area contributed by atoms with Crippen LogP contribution in [0.5, 0.6) is 0 Å². The number of anilines is 1. The normalized spacial score (nSPS) is 11.1. The van der Waals surface area contributed by atoms with E-state index in [9.17, 15) is 4.79 Å². The third kappa shape index (κ3) is 3.25. The van der Waals surface area contributed by atoms with Crippen LogP contribution in [0.2, 0.25) is 0 Å². The van der Waals surface area contributed by atoms with Crippen molar-refractivity contribution in [2.75, 3.05) is 5.32 Å². The van der Waals surface area contributed by atoms with Crippen molar-refractivity contribution in [2.45, 2.75) is 13.8 Å². The summed E-state index contributed by atoms with van der Waals surface area (Å²) in [6, 6.07) is 15.2. The number of rotatable bonds is 4. The van der Waals surface area contributed by atoms with Gasteiger partial charge in [-0.1, -0.05) is 23.5 Å². The van der Waals surface area contributed by atoms with E-state index in [0.29, 0.717) is 21.9 Å². The van der Waals surface area contributed by atoms with E-state index in [0.717, 1.165) is 22.2 Å². The van der Waals surface area contributed by atoms with Gasteiger partial charge in [0.2, 0.25) is 0 Å². The molecule has 0 spiro atoms. The first-order valence-electron chi connectivity index (χ1n) is 9.30. The second-order valence-electron chi connectivity index (χ2n) is 6.77. The predicted octanol–water partition coefficient (Wildman–Crippen LogP) is 3.91. The number of amides is 1. The molecule has 0 saturated heterocycles. The molecule has 0 aliphatic rings. The molecule has 8 nitrogen and oxygen atoms in total. The first-order valence-corrected chi connectivity index (χ1v) is 10.1. The molecule has 148 valence electrons. The lowest BCUT2D eigenvalue weighted by Crippen LogP contribution is -2.11. The summed E-state index contributed by atoms with van der Waals surface area (Å²) < 4.78 is 3.59. The van der Waals surface area contributed by atoms with E-state index in [1.54, 1.807) is 4.52 Å². The Bertz CT molecular complexity index is 1370. The van der Waals surface area contributed by atoms with Crippen LogP contribution in [0.1, 0.15) is 21.2 Å². The Balaban J connectivity index is 1.42. The fourth-order valence-electron chi connectivity index (χ4n) is 3.16. The van der Waals surface area contributed by atoms with Crippen molar-refractivity contribution in [2.24, 2.45) is 0 Å². The minimum Gasteiger partial charge on any atom is -0.321 e. The quantitative estimate of drug-likeness (QED) is 0.481. The van der Waals surface area contributed by atoms with Gasteiger partial charge in [-0.25, -0.2) is 4.98 Å². The fourth-order valence-corrected chi connectivity index (χ4v) is 4.09. The summed E-state index contributed by atoms with van der Waals surface area (Å²) in [5.74, 6) is 0.536. The van der Waals surface area contributed by atoms with Gasteiger partial charge in [0.15, 0.2) is 16.6 Å². The molecule has 1 amide bonds. The number of carbonyl (C=O) groups excluding carboxylic acids is 1. The minimum atomic E-state index is -0.182. The summed E-state index contributed by atoms with van der Waals surface area (Å²) in [6.07, 6.45) is 3.81. The van der Waals surface area contributed by atoms with E-state index >= 15 is 0 Å². The predicted molar refractivity (Wildman–Crippen MR) is 115 cm³/mol. The molecule has 30 heavy (non-hydrogen) atoms. The number of thiazole rings is 1. The van der Waals surface area contributed by atoms with Crippen molar-refractivity contribution in [3.05, 3.63) is 77.3 Å². The number of nitrogens with one attached hydrogen (secondary N) is 1. The zero-order chi connectivity index (χ0) is 20.7. The largest absolute Gasteiger partial charge is 0.321 e. The Morgan fingerprint density at radius 3 is 2.70 bits per heavy atom. The molecule has 0 radical (unpaired) electrons. The lowest BCUT2D eigenvalue weighted by molar-refractivity contribution is 0.103. The van der Waals surface area contributed by atoms with Crippen LogP contribution in [0, 0.1) is 13.8 Å². The zero-order valence-electron chi connectivity index (χ0n) is 16.3. The van der Waals surface area contributed by atoms with Gasteiger partial charge >= 0.3 is 0 Å². The first kappa shape index (κ1) is 18.2. The highest BCUT2D eigenvalue weighted by Gasteiger charge is 2.16. The van der Waals surface area contributed by atoms with Crippen LogP contribution in [-0.4, -0.2) is 35.3 Å². The minimum absolute atomic E-state index is 0.182. The maximum atomic E-state index is 12.9. The van der Waals surface area contributed by atoms with E-state index in [1.165, 1.54) is 11.3 Å². The van der Waals surface area contributed by atoms with Crippen LogP contribution >= 0.6 is 11.3 Å². The summed E-state index contributed by atoms with van der Waals surface area (Å²) in [5.41, 5.74) is 3.74. The van der Waals surface area contributed by atoms with Crippen molar-refractivity contribution in [1.29, 1.82) is 0 Å². The standard InChI is InChI=1S/C21H17N7OS/c1-13-19(30-21(22-13)27-10-3-4-11-27)20(29)23-16-7-5-6-15(12-16)17-8-9-18-25-24-14(2)28(18)26-17/h3-12H,1-2H3,(H,23,29). The zero-order valence-corrected chi connectivity index (χ0v) is 17.1. The first-order chi connectivity index (χ1) is 14.6. The van der Waals surface area contributed by atoms with Crippen molar-refractivity contribution >= 4 is 28.6 Å². The maximum Gasteiger partial charge on any atom is 0.267 e. The molecule has 5 rings (SSSR count). The van der Waals surface area contributed by atoms with E-state index in [1.807, 2.05) is 79.3 Å². The van der Waals surface area contributed by atoms with Gasteiger partial charge in [-0.15, -0.1) is 10.2 Å². The van der Waals surface area contributed by atoms with Crippen LogP contribution in [0.15, 0.2) is 60.9 Å². The summed E-state index contributed by atoms with van der Waals surface area (Å²) in [4.78, 5) is 18.0. The molecule has 0 fully saturated rings. The molecular weight excluding hydrogens is 398 g/mol. The van der Waals surface area contributed by atoms with E-state index in [4.69, 9.17) is 0 Å². The monoisotopic (exact) mass is 415 g/mol. The van der Waals surface area contributed by atoms with Gasteiger partial charge in [-0.3, -0.25) is 4.79 Å². The second-order valence-corrected chi connectivity index (χ2v) is 7.75. The van der Waals surface area contributed by atoms with Gasteiger partial charge in [0.1, 0.15) is 4.88 Å². The molecule has 9 heteroatoms. The number of hydrogen-bond donors (Lipinski definition) is 1. The highest BCUT2D eigenvalue weighted by Crippen LogP contribution is 2.25. The molecular formula is C21H17N7OS. The smallest absolute Gasteiger partial charge is 0.267 e. The van der Waals surface area contributed by atoms with Crippen LogP contribution in [0.3, 0.4) is 0 Å². The molecule has 4 heterocycles. The van der Waals surface area contributed by atoms with Crippen LogP contribution in [0.25, 0.3) is 22.0 Å². The lowest BCUT2D eigenvalue weighted by atomic mass is 10.1. The number of aryl methyl sites for hydroxylation is 2. The Morgan fingerprint density at radius 1 is 1.03 bits per heavy atom. The average Bonchev–Trinajstić information content (AvgIpc) is 3.48. The molecule has 5 aromatic rings. The molecule has 0 aliphatic heterocycles. The molecule has 0 saturated carbocycles. The van der Waals surface area contributed by atoms with Gasteiger partial charge in [-0.05, 0) is 50.2 Å². The highest BCUT2D eigenvalue weighted by molar-refractivity contribution is 7.16. The van der Waals surface area contributed by atoms with Crippen LogP contribution in [-0.2, 0) is 0 Å². The number of hydrogen-bond acceptors (Lipinski definition) is 6. The van der Waals surface area contributed by atoms with Gasteiger partial charge in [0, 0.05) is 23.6 Å². The number of carbonyl (C=O) groups is 1. The molecule has 1 N–H and O–H groups in total. The molecule has 0 atom stereocenters. The van der Waals surface area contributed by atoms with E-state index < -0.39 is 0 Å². The Hall–Kier alpha value is -3.85. The Kier molecular flexibility index (Phi) is 4.36. The van der Waals surface area contributed by atoms with Crippen molar-refractivity contribution < 1.29 is 4.79 Å². The van der Waals surface area contributed by atoms with Crippen molar-refractivity contribution in [1.82, 2.24) is 29.4 Å². The highest BCUT2D eigenvalue weighted by atomic mass is 32.1. The van der Waals surface area contributed by atoms with Gasteiger partial charge < -0.3 is 9.88 Å². The Labute approximate surface area is 175 Å². The second kappa shape index (κ2) is 7.20. The number of nitrogens with zero attached hydrogens (tertiary/aromatic N) is 6. The molecule has 4 aromatic heterocycles. The number of fused-ring (bicyclic) bond motifs is 1. The number of benzene rings is 1. The summed E-state index contributed by atoms with van der Waals surface area (Å²) in [5, 5.41) is 16.4. The van der Waals surface area contributed by atoms with E-state index in [2.05, 4.69) is 25.6 Å². The SMILES string of the molecule is Cc1nc(-n2cccc2)sc1C(=O)Nc1cccc(-c2ccc3nnc(C)n3n2)c1. The topological polar surface area (TPSA) is 90.0 Å². The molecule has 0 unspecified atom stereocenters. The van der Waals surface area contributed by atoms with E-state index in [-0.39, 0.29) is 5.91 Å². The lowest BCUT2D eigenvalue weighted by Gasteiger charge is -2.07. The van der Waals surface area contributed by atoms with Crippen molar-refractivity contribution in [3.8, 4) is 16.4 Å². The average molecular weight is 415 g/mol. The molecule has 0 bridgehead atoms. The molecule has 0 aliphatic carbocycles. The van der Waals surface area contributed by atoms with Gasteiger partial charge in [-0.2, -0.15) is 9.61 Å². The summed E-state index contributed by atoms with van der Waals surface area (Å²) in [7, 11) is 0. The van der Waals surface area contributed by atoms with Crippen molar-refractivity contribution in [3.63, 3.8) is 0 Å². The number of aromatic nitrogens is 6. The Morgan fingerprint density at radius 2 is 1.87 bits per heavy atom. The van der Waals surface area contributed by atoms with Gasteiger partial charge in [0.05, 0.1) is 11.4 Å². The summed E-state index contributed by atoms with van der Waals surface area (Å²) in [6.45, 7) is 3.70. The van der Waals surface area contributed by atoms with Crippen LogP contribution < -0.4 is 5.32 Å². The third-order valence-electron chi connectivity index (χ3n) is 4.65. The maximum absolute atomic E-state index is 12.9. The fraction of sp³-hybridized carbons (Fsp3) is 0.0952. The summed E-state index contributed by atoms with van der Waals surface area (Å²) >= 11 is 1.36. The van der Waals surface area contributed by atoms with Gasteiger partial charge in [0.25, 0.3) is 5.91 Å².